The molecule has 2 aromatic rings. The van der Waals surface area contributed by atoms with E-state index in [2.05, 4.69) is 0 Å². The summed E-state index contributed by atoms with van der Waals surface area (Å²) in [5.41, 5.74) is 3.19. The van der Waals surface area contributed by atoms with Crippen molar-refractivity contribution in [3.8, 4) is 5.75 Å². The Bertz CT molecular complexity index is 985. The Hall–Kier alpha value is -3.15. The second kappa shape index (κ2) is 7.70. The van der Waals surface area contributed by atoms with Crippen LogP contribution in [0.4, 0.5) is 11.4 Å². The summed E-state index contributed by atoms with van der Waals surface area (Å²) in [6, 6.07) is 13.0. The van der Waals surface area contributed by atoms with Gasteiger partial charge in [0.15, 0.2) is 11.9 Å². The molecule has 1 unspecified atom stereocenters. The van der Waals surface area contributed by atoms with Gasteiger partial charge < -0.3 is 14.5 Å². The average Bonchev–Trinajstić information content (AvgIpc) is 2.75. The van der Waals surface area contributed by atoms with Crippen molar-refractivity contribution in [1.82, 2.24) is 0 Å². The maximum absolute atomic E-state index is 12.8. The zero-order chi connectivity index (χ0) is 20.5. The van der Waals surface area contributed by atoms with Crippen molar-refractivity contribution in [2.24, 2.45) is 0 Å². The quantitative estimate of drug-likeness (QED) is 0.748. The molecule has 6 heteroatoms. The number of ketones is 1. The van der Waals surface area contributed by atoms with E-state index in [1.807, 2.05) is 24.3 Å². The Morgan fingerprint density at radius 2 is 1.90 bits per heavy atom. The zero-order valence-electron chi connectivity index (χ0n) is 16.7. The van der Waals surface area contributed by atoms with Gasteiger partial charge in [0.1, 0.15) is 5.75 Å². The summed E-state index contributed by atoms with van der Waals surface area (Å²) in [5.74, 6) is 0.275. The average molecular weight is 392 g/mol. The molecule has 0 N–H and O–H groups in total. The number of amides is 2. The van der Waals surface area contributed by atoms with Gasteiger partial charge in [-0.2, -0.15) is 0 Å². The van der Waals surface area contributed by atoms with E-state index in [4.69, 9.17) is 4.74 Å². The summed E-state index contributed by atoms with van der Waals surface area (Å²) < 4.78 is 5.60. The van der Waals surface area contributed by atoms with Crippen molar-refractivity contribution in [1.29, 1.82) is 0 Å². The maximum atomic E-state index is 12.8. The Balaban J connectivity index is 1.45. The van der Waals surface area contributed by atoms with Crippen molar-refractivity contribution in [3.05, 3.63) is 53.6 Å². The molecule has 150 valence electrons. The fourth-order valence-electron chi connectivity index (χ4n) is 3.98. The summed E-state index contributed by atoms with van der Waals surface area (Å²) >= 11 is 0. The standard InChI is InChI=1S/C23H24N2O4/c1-15-23(28)24(2)19-14-17(9-11-21(19)29-15)20(26)10-12-22(27)25-13-5-7-16-6-3-4-8-18(16)25/h3-4,6,8-9,11,14-15H,5,7,10,12-13H2,1-2H3. The number of anilines is 2. The third kappa shape index (κ3) is 3.62. The first-order valence-corrected chi connectivity index (χ1v) is 9.95. The summed E-state index contributed by atoms with van der Waals surface area (Å²) in [4.78, 5) is 40.9. The first kappa shape index (κ1) is 19.2. The van der Waals surface area contributed by atoms with Crippen LogP contribution in [-0.2, 0) is 16.0 Å². The van der Waals surface area contributed by atoms with Crippen LogP contribution in [-0.4, -0.2) is 37.3 Å². The highest BCUT2D eigenvalue weighted by molar-refractivity contribution is 6.04. The first-order chi connectivity index (χ1) is 14.0. The van der Waals surface area contributed by atoms with Gasteiger partial charge in [0.05, 0.1) is 5.69 Å². The van der Waals surface area contributed by atoms with Crippen LogP contribution in [0.25, 0.3) is 0 Å². The zero-order valence-corrected chi connectivity index (χ0v) is 16.7. The lowest BCUT2D eigenvalue weighted by atomic mass is 10.0. The van der Waals surface area contributed by atoms with Gasteiger partial charge in [-0.15, -0.1) is 0 Å². The fourth-order valence-corrected chi connectivity index (χ4v) is 3.98. The first-order valence-electron chi connectivity index (χ1n) is 9.95. The molecule has 0 radical (unpaired) electrons. The molecule has 29 heavy (non-hydrogen) atoms. The minimum Gasteiger partial charge on any atom is -0.479 e. The van der Waals surface area contributed by atoms with Crippen molar-refractivity contribution in [3.63, 3.8) is 0 Å². The summed E-state index contributed by atoms with van der Waals surface area (Å²) in [7, 11) is 1.67. The molecule has 4 rings (SSSR count). The summed E-state index contributed by atoms with van der Waals surface area (Å²) in [6.45, 7) is 2.39. The van der Waals surface area contributed by atoms with Crippen LogP contribution in [0.15, 0.2) is 42.5 Å². The molecule has 1 atom stereocenters. The third-order valence-electron chi connectivity index (χ3n) is 5.60. The van der Waals surface area contributed by atoms with Gasteiger partial charge in [-0.3, -0.25) is 14.4 Å². The van der Waals surface area contributed by atoms with Crippen molar-refractivity contribution in [2.75, 3.05) is 23.4 Å². The van der Waals surface area contributed by atoms with Crippen molar-refractivity contribution >= 4 is 29.0 Å². The second-order valence-corrected chi connectivity index (χ2v) is 7.54. The van der Waals surface area contributed by atoms with E-state index in [-0.39, 0.29) is 30.4 Å². The molecule has 0 fully saturated rings. The van der Waals surface area contributed by atoms with E-state index in [1.54, 1.807) is 37.1 Å². The van der Waals surface area contributed by atoms with E-state index >= 15 is 0 Å². The second-order valence-electron chi connectivity index (χ2n) is 7.54. The molecule has 6 nitrogen and oxygen atoms in total. The Morgan fingerprint density at radius 1 is 1.10 bits per heavy atom. The van der Waals surface area contributed by atoms with Gasteiger partial charge in [0.25, 0.3) is 5.91 Å². The lowest BCUT2D eigenvalue weighted by molar-refractivity contribution is -0.125. The molecule has 0 aliphatic carbocycles. The molecule has 2 aromatic carbocycles. The predicted molar refractivity (Wildman–Crippen MR) is 111 cm³/mol. The van der Waals surface area contributed by atoms with E-state index < -0.39 is 6.10 Å². The number of benzene rings is 2. The fraction of sp³-hybridized carbons (Fsp3) is 0.348. The van der Waals surface area contributed by atoms with Gasteiger partial charge in [0.2, 0.25) is 5.91 Å². The van der Waals surface area contributed by atoms with Crippen LogP contribution in [0.1, 0.15) is 42.1 Å². The SMILES string of the molecule is CC1Oc2ccc(C(=O)CCC(=O)N3CCCc4ccccc43)cc2N(C)C1=O. The van der Waals surface area contributed by atoms with E-state index in [0.29, 0.717) is 23.5 Å². The number of para-hydroxylation sites is 1. The molecule has 0 saturated heterocycles. The Morgan fingerprint density at radius 3 is 2.72 bits per heavy atom. The molecule has 0 saturated carbocycles. The smallest absolute Gasteiger partial charge is 0.267 e. The minimum absolute atomic E-state index is 0.0343. The number of likely N-dealkylation sites (N-methyl/N-ethyl adjacent to an activating group) is 1. The third-order valence-corrected chi connectivity index (χ3v) is 5.60. The highest BCUT2D eigenvalue weighted by atomic mass is 16.5. The largest absolute Gasteiger partial charge is 0.479 e. The van der Waals surface area contributed by atoms with Crippen molar-refractivity contribution in [2.45, 2.75) is 38.7 Å². The van der Waals surface area contributed by atoms with Crippen LogP contribution in [0.3, 0.4) is 0 Å². The molecule has 2 aliphatic heterocycles. The molecule has 0 aromatic heterocycles. The summed E-state index contributed by atoms with van der Waals surface area (Å²) in [5, 5.41) is 0. The number of fused-ring (bicyclic) bond motifs is 2. The number of carbonyl (C=O) groups excluding carboxylic acids is 3. The number of hydrogen-bond donors (Lipinski definition) is 0. The van der Waals surface area contributed by atoms with Gasteiger partial charge in [-0.1, -0.05) is 18.2 Å². The van der Waals surface area contributed by atoms with Gasteiger partial charge in [-0.25, -0.2) is 0 Å². The van der Waals surface area contributed by atoms with E-state index in [9.17, 15) is 14.4 Å². The van der Waals surface area contributed by atoms with Crippen molar-refractivity contribution < 1.29 is 19.1 Å². The molecule has 0 spiro atoms. The molecule has 2 aliphatic rings. The molecule has 2 amide bonds. The van der Waals surface area contributed by atoms with Crippen LogP contribution >= 0.6 is 0 Å². The number of rotatable bonds is 4. The van der Waals surface area contributed by atoms with E-state index in [1.165, 1.54) is 10.5 Å². The number of Topliss-reactive ketones (excluding diaryl/α,β-unsaturated/α-hetero) is 1. The van der Waals surface area contributed by atoms with Crippen LogP contribution < -0.4 is 14.5 Å². The monoisotopic (exact) mass is 392 g/mol. The minimum atomic E-state index is -0.543. The number of aryl methyl sites for hydroxylation is 1. The maximum Gasteiger partial charge on any atom is 0.267 e. The normalized spacial score (nSPS) is 18.0. The summed E-state index contributed by atoms with van der Waals surface area (Å²) in [6.07, 6.45) is 1.65. The van der Waals surface area contributed by atoms with Gasteiger partial charge >= 0.3 is 0 Å². The molecular formula is C23H24N2O4. The molecule has 2 heterocycles. The Kier molecular flexibility index (Phi) is 5.09. The van der Waals surface area contributed by atoms with Crippen LogP contribution in [0.5, 0.6) is 5.75 Å². The predicted octanol–water partition coefficient (Wildman–Crippen LogP) is 3.37. The highest BCUT2D eigenvalue weighted by Gasteiger charge is 2.29. The molecular weight excluding hydrogens is 368 g/mol. The number of ether oxygens (including phenoxy) is 1. The molecule has 0 bridgehead atoms. The topological polar surface area (TPSA) is 66.9 Å². The number of hydrogen-bond acceptors (Lipinski definition) is 4. The lowest BCUT2D eigenvalue weighted by Gasteiger charge is -2.30. The van der Waals surface area contributed by atoms with E-state index in [0.717, 1.165) is 18.5 Å². The van der Waals surface area contributed by atoms with Gasteiger partial charge in [-0.05, 0) is 49.6 Å². The van der Waals surface area contributed by atoms with Crippen LogP contribution in [0, 0.1) is 0 Å². The Labute approximate surface area is 170 Å². The number of carbonyl (C=O) groups is 3. The lowest BCUT2D eigenvalue weighted by Crippen LogP contribution is -2.42. The number of nitrogens with zero attached hydrogens (tertiary/aromatic N) is 2. The van der Waals surface area contributed by atoms with Crippen LogP contribution in [0.2, 0.25) is 0 Å². The van der Waals surface area contributed by atoms with Gasteiger partial charge in [0, 0.05) is 37.7 Å². The highest BCUT2D eigenvalue weighted by Crippen LogP contribution is 2.34.